The Kier molecular flexibility index (Phi) is 4.14. The maximum atomic E-state index is 12.2. The summed E-state index contributed by atoms with van der Waals surface area (Å²) in [7, 11) is 0. The summed E-state index contributed by atoms with van der Waals surface area (Å²) in [5.74, 6) is -0.497. The summed E-state index contributed by atoms with van der Waals surface area (Å²) in [6.07, 6.45) is 0.763. The fourth-order valence-electron chi connectivity index (χ4n) is 2.35. The normalized spacial score (nSPS) is 15.2. The molecule has 1 aliphatic rings. The van der Waals surface area contributed by atoms with E-state index in [1.807, 2.05) is 32.0 Å². The van der Waals surface area contributed by atoms with Gasteiger partial charge in [0, 0.05) is 17.8 Å². The van der Waals surface area contributed by atoms with Crippen molar-refractivity contribution in [2.45, 2.75) is 24.1 Å². The van der Waals surface area contributed by atoms with Crippen molar-refractivity contribution in [3.63, 3.8) is 0 Å². The fourth-order valence-corrected chi connectivity index (χ4v) is 2.66. The lowest BCUT2D eigenvalue weighted by Crippen LogP contribution is -2.42. The quantitative estimate of drug-likeness (QED) is 0.657. The van der Waals surface area contributed by atoms with Crippen molar-refractivity contribution in [2.24, 2.45) is 0 Å². The van der Waals surface area contributed by atoms with E-state index in [2.05, 4.69) is 6.07 Å². The van der Waals surface area contributed by atoms with Crippen molar-refractivity contribution in [3.05, 3.63) is 41.0 Å². The second kappa shape index (κ2) is 5.35. The summed E-state index contributed by atoms with van der Waals surface area (Å²) in [4.78, 5) is 13.8. The number of rotatable bonds is 0. The van der Waals surface area contributed by atoms with Gasteiger partial charge >= 0.3 is 0 Å². The molecule has 0 fully saturated rings. The molecule has 5 heteroatoms. The molecule has 0 atom stereocenters. The van der Waals surface area contributed by atoms with Crippen molar-refractivity contribution in [2.75, 3.05) is 6.54 Å². The molecule has 0 bridgehead atoms. The molecule has 0 spiro atoms. The van der Waals surface area contributed by atoms with Gasteiger partial charge in [-0.3, -0.25) is 4.79 Å². The van der Waals surface area contributed by atoms with Gasteiger partial charge in [0.1, 0.15) is 0 Å². The molecule has 0 saturated carbocycles. The molecule has 0 unspecified atom stereocenters. The van der Waals surface area contributed by atoms with E-state index in [4.69, 9.17) is 34.8 Å². The summed E-state index contributed by atoms with van der Waals surface area (Å²) >= 11 is 17.2. The highest BCUT2D eigenvalue weighted by Crippen LogP contribution is 2.36. The third-order valence-electron chi connectivity index (χ3n) is 3.11. The molecule has 19 heavy (non-hydrogen) atoms. The van der Waals surface area contributed by atoms with Crippen LogP contribution in [0.2, 0.25) is 0 Å². The van der Waals surface area contributed by atoms with Gasteiger partial charge in [0.15, 0.2) is 0 Å². The van der Waals surface area contributed by atoms with Crippen LogP contribution in [-0.4, -0.2) is 21.1 Å². The summed E-state index contributed by atoms with van der Waals surface area (Å²) in [5.41, 5.74) is 4.12. The van der Waals surface area contributed by atoms with Gasteiger partial charge in [-0.15, -0.1) is 0 Å². The number of alkyl halides is 3. The van der Waals surface area contributed by atoms with Crippen LogP contribution in [0.1, 0.15) is 25.0 Å². The minimum atomic E-state index is -1.92. The van der Waals surface area contributed by atoms with Crippen molar-refractivity contribution >= 4 is 46.4 Å². The number of carbonyl (C=O) groups is 1. The highest BCUT2D eigenvalue weighted by atomic mass is 35.6. The van der Waals surface area contributed by atoms with Crippen molar-refractivity contribution < 1.29 is 4.79 Å². The molecule has 0 radical (unpaired) electrons. The average Bonchev–Trinajstić information content (AvgIpc) is 2.35. The van der Waals surface area contributed by atoms with E-state index in [1.54, 1.807) is 4.90 Å². The van der Waals surface area contributed by atoms with Crippen molar-refractivity contribution in [1.29, 1.82) is 0 Å². The Labute approximate surface area is 127 Å². The number of hydrogen-bond donors (Lipinski definition) is 0. The Balaban J connectivity index is 2.51. The maximum absolute atomic E-state index is 12.2. The minimum Gasteiger partial charge on any atom is -0.308 e. The zero-order chi connectivity index (χ0) is 14.2. The molecule has 1 amide bonds. The first-order valence-electron chi connectivity index (χ1n) is 5.97. The number of benzene rings is 1. The molecule has 1 aromatic rings. The lowest BCUT2D eigenvalue weighted by atomic mass is 9.94. The van der Waals surface area contributed by atoms with Gasteiger partial charge in [0.2, 0.25) is 0 Å². The Morgan fingerprint density at radius 2 is 1.84 bits per heavy atom. The van der Waals surface area contributed by atoms with Gasteiger partial charge in [0.25, 0.3) is 9.70 Å². The summed E-state index contributed by atoms with van der Waals surface area (Å²) < 4.78 is -1.92. The largest absolute Gasteiger partial charge is 0.308 e. The van der Waals surface area contributed by atoms with E-state index in [0.717, 1.165) is 23.3 Å². The monoisotopic (exact) mass is 317 g/mol. The number of fused-ring (bicyclic) bond motifs is 1. The average molecular weight is 319 g/mol. The standard InChI is InChI=1S/C14H14Cl3NO/c1-9(2)12-11-6-4-3-5-10(11)7-8-18(12)13(19)14(15,16)17/h3-6H,7-8H2,1-2H3. The molecule has 0 aromatic heterocycles. The molecular weight excluding hydrogens is 305 g/mol. The molecule has 1 aliphatic heterocycles. The fraction of sp³-hybridized carbons (Fsp3) is 0.357. The molecule has 1 aromatic carbocycles. The Morgan fingerprint density at radius 3 is 2.42 bits per heavy atom. The van der Waals surface area contributed by atoms with Crippen molar-refractivity contribution in [1.82, 2.24) is 4.90 Å². The van der Waals surface area contributed by atoms with Gasteiger partial charge in [-0.2, -0.15) is 0 Å². The first-order chi connectivity index (χ1) is 8.82. The molecule has 1 heterocycles. The highest BCUT2D eigenvalue weighted by molar-refractivity contribution is 6.76. The lowest BCUT2D eigenvalue weighted by molar-refractivity contribution is -0.127. The SMILES string of the molecule is CC(C)=C1c2ccccc2CCN1C(=O)C(Cl)(Cl)Cl. The molecule has 0 N–H and O–H groups in total. The van der Waals surface area contributed by atoms with E-state index >= 15 is 0 Å². The van der Waals surface area contributed by atoms with Crippen LogP contribution in [0, 0.1) is 0 Å². The van der Waals surface area contributed by atoms with Gasteiger partial charge in [-0.05, 0) is 25.8 Å². The van der Waals surface area contributed by atoms with Crippen LogP contribution in [0.4, 0.5) is 0 Å². The third kappa shape index (κ3) is 2.91. The van der Waals surface area contributed by atoms with Gasteiger partial charge in [-0.25, -0.2) is 0 Å². The minimum absolute atomic E-state index is 0.497. The number of nitrogens with zero attached hydrogens (tertiary/aromatic N) is 1. The Bertz CT molecular complexity index is 542. The van der Waals surface area contributed by atoms with Crippen LogP contribution < -0.4 is 0 Å². The predicted octanol–water partition coefficient (Wildman–Crippen LogP) is 4.19. The first kappa shape index (κ1) is 14.7. The van der Waals surface area contributed by atoms with Crippen LogP contribution in [0.3, 0.4) is 0 Å². The van der Waals surface area contributed by atoms with Crippen molar-refractivity contribution in [3.8, 4) is 0 Å². The first-order valence-corrected chi connectivity index (χ1v) is 7.10. The van der Waals surface area contributed by atoms with Gasteiger partial charge in [-0.1, -0.05) is 64.6 Å². The van der Waals surface area contributed by atoms with E-state index in [9.17, 15) is 4.79 Å². The summed E-state index contributed by atoms with van der Waals surface area (Å²) in [6.45, 7) is 4.44. The third-order valence-corrected chi connectivity index (χ3v) is 3.59. The zero-order valence-electron chi connectivity index (χ0n) is 10.7. The van der Waals surface area contributed by atoms with Crippen LogP contribution >= 0.6 is 34.8 Å². The molecule has 0 aliphatic carbocycles. The second-order valence-corrected chi connectivity index (χ2v) is 6.99. The topological polar surface area (TPSA) is 20.3 Å². The van der Waals surface area contributed by atoms with E-state index in [-0.39, 0.29) is 0 Å². The number of allylic oxidation sites excluding steroid dienone is 1. The number of hydrogen-bond acceptors (Lipinski definition) is 1. The Hall–Kier alpha value is -0.700. The molecule has 0 saturated heterocycles. The van der Waals surface area contributed by atoms with E-state index in [1.165, 1.54) is 5.56 Å². The molecule has 2 nitrogen and oxygen atoms in total. The van der Waals surface area contributed by atoms with Crippen LogP contribution in [0.25, 0.3) is 5.70 Å². The highest BCUT2D eigenvalue weighted by Gasteiger charge is 2.38. The van der Waals surface area contributed by atoms with Crippen LogP contribution in [0.5, 0.6) is 0 Å². The smallest absolute Gasteiger partial charge is 0.279 e. The predicted molar refractivity (Wildman–Crippen MR) is 80.4 cm³/mol. The summed E-state index contributed by atoms with van der Waals surface area (Å²) in [5, 5.41) is 0. The van der Waals surface area contributed by atoms with E-state index < -0.39 is 9.70 Å². The van der Waals surface area contributed by atoms with Gasteiger partial charge < -0.3 is 4.90 Å². The van der Waals surface area contributed by atoms with E-state index in [0.29, 0.717) is 6.54 Å². The number of carbonyl (C=O) groups excluding carboxylic acids is 1. The molecule has 102 valence electrons. The van der Waals surface area contributed by atoms with Crippen LogP contribution in [0.15, 0.2) is 29.8 Å². The number of halogens is 3. The summed E-state index contributed by atoms with van der Waals surface area (Å²) in [6, 6.07) is 8.00. The zero-order valence-corrected chi connectivity index (χ0v) is 13.0. The van der Waals surface area contributed by atoms with Crippen LogP contribution in [-0.2, 0) is 11.2 Å². The lowest BCUT2D eigenvalue weighted by Gasteiger charge is -2.34. The Morgan fingerprint density at radius 1 is 1.21 bits per heavy atom. The van der Waals surface area contributed by atoms with Gasteiger partial charge in [0.05, 0.1) is 0 Å². The maximum Gasteiger partial charge on any atom is 0.279 e. The molecule has 2 rings (SSSR count). The number of amides is 1. The molecular formula is C14H14Cl3NO. The second-order valence-electron chi connectivity index (χ2n) is 4.71.